The molecule has 1 rings (SSSR count). The highest BCUT2D eigenvalue weighted by Gasteiger charge is 2.10. The second kappa shape index (κ2) is 12.6. The van der Waals surface area contributed by atoms with Crippen LogP contribution in [0.5, 0.6) is 0 Å². The van der Waals surface area contributed by atoms with Gasteiger partial charge in [-0.2, -0.15) is 0 Å². The van der Waals surface area contributed by atoms with Crippen LogP contribution in [-0.2, 0) is 6.54 Å². The number of hydrogen-bond donors (Lipinski definition) is 1. The van der Waals surface area contributed by atoms with Gasteiger partial charge in [-0.25, -0.2) is 4.79 Å². The van der Waals surface area contributed by atoms with Crippen LogP contribution in [0.25, 0.3) is 0 Å². The van der Waals surface area contributed by atoms with Gasteiger partial charge >= 0.3 is 5.97 Å². The Morgan fingerprint density at radius 2 is 1.39 bits per heavy atom. The summed E-state index contributed by atoms with van der Waals surface area (Å²) in [4.78, 5) is 11.0. The highest BCUT2D eigenvalue weighted by atomic mass is 79.9. The first-order chi connectivity index (χ1) is 11.1. The zero-order valence-corrected chi connectivity index (χ0v) is 16.1. The molecule has 0 aliphatic heterocycles. The van der Waals surface area contributed by atoms with E-state index in [9.17, 15) is 4.79 Å². The van der Waals surface area contributed by atoms with E-state index in [0.717, 1.165) is 13.0 Å². The monoisotopic (exact) mass is 385 g/mol. The summed E-state index contributed by atoms with van der Waals surface area (Å²) in [7, 11) is 0. The molecule has 1 aromatic heterocycles. The molecule has 0 unspecified atom stereocenters. The van der Waals surface area contributed by atoms with Gasteiger partial charge in [0.2, 0.25) is 0 Å². The number of carboxylic acids is 1. The van der Waals surface area contributed by atoms with Gasteiger partial charge < -0.3 is 9.67 Å². The van der Waals surface area contributed by atoms with E-state index < -0.39 is 5.97 Å². The van der Waals surface area contributed by atoms with Crippen LogP contribution in [0.1, 0.15) is 94.3 Å². The summed E-state index contributed by atoms with van der Waals surface area (Å²) in [5, 5.41) is 9.01. The van der Waals surface area contributed by atoms with E-state index >= 15 is 0 Å². The van der Waals surface area contributed by atoms with Crippen molar-refractivity contribution in [2.75, 3.05) is 0 Å². The molecule has 4 heteroatoms. The van der Waals surface area contributed by atoms with Gasteiger partial charge in [-0.15, -0.1) is 0 Å². The maximum Gasteiger partial charge on any atom is 0.338 e. The lowest BCUT2D eigenvalue weighted by Crippen LogP contribution is -1.97. The van der Waals surface area contributed by atoms with Crippen LogP contribution < -0.4 is 0 Å². The first-order valence-electron chi connectivity index (χ1n) is 9.23. The first-order valence-corrected chi connectivity index (χ1v) is 10.0. The lowest BCUT2D eigenvalue weighted by Gasteiger charge is -2.04. The van der Waals surface area contributed by atoms with E-state index in [1.54, 1.807) is 6.20 Å². The van der Waals surface area contributed by atoms with Crippen molar-refractivity contribution in [2.24, 2.45) is 0 Å². The van der Waals surface area contributed by atoms with Crippen molar-refractivity contribution in [1.29, 1.82) is 0 Å². The Labute approximate surface area is 149 Å². The molecule has 3 nitrogen and oxygen atoms in total. The van der Waals surface area contributed by atoms with E-state index in [4.69, 9.17) is 5.11 Å². The van der Waals surface area contributed by atoms with Crippen LogP contribution in [0, 0.1) is 0 Å². The Morgan fingerprint density at radius 1 is 0.913 bits per heavy atom. The van der Waals surface area contributed by atoms with Crippen LogP contribution in [0.3, 0.4) is 0 Å². The molecule has 132 valence electrons. The molecule has 0 atom stereocenters. The van der Waals surface area contributed by atoms with Gasteiger partial charge in [0.05, 0.1) is 5.56 Å². The molecule has 0 aliphatic rings. The smallest absolute Gasteiger partial charge is 0.338 e. The molecule has 0 fully saturated rings. The molecule has 0 saturated carbocycles. The Kier molecular flexibility index (Phi) is 11.1. The lowest BCUT2D eigenvalue weighted by atomic mass is 10.1. The second-order valence-electron chi connectivity index (χ2n) is 6.45. The molecule has 0 saturated heterocycles. The normalized spacial score (nSPS) is 11.0. The molecule has 0 spiro atoms. The SMILES string of the molecule is CCCCCCCCCCCCCCn1cc(Br)c(C(=O)O)c1. The summed E-state index contributed by atoms with van der Waals surface area (Å²) >= 11 is 3.29. The Hall–Kier alpha value is -0.770. The number of halogens is 1. The second-order valence-corrected chi connectivity index (χ2v) is 7.31. The third-order valence-electron chi connectivity index (χ3n) is 4.33. The third kappa shape index (κ3) is 9.19. The molecule has 0 amide bonds. The van der Waals surface area contributed by atoms with Crippen molar-refractivity contribution >= 4 is 21.9 Å². The maximum atomic E-state index is 11.0. The fourth-order valence-electron chi connectivity index (χ4n) is 2.90. The zero-order valence-electron chi connectivity index (χ0n) is 14.5. The number of hydrogen-bond acceptors (Lipinski definition) is 1. The van der Waals surface area contributed by atoms with Gasteiger partial charge in [0, 0.05) is 23.4 Å². The quantitative estimate of drug-likeness (QED) is 0.364. The number of aromatic nitrogens is 1. The van der Waals surface area contributed by atoms with E-state index in [1.165, 1.54) is 70.6 Å². The zero-order chi connectivity index (χ0) is 16.9. The van der Waals surface area contributed by atoms with E-state index in [1.807, 2.05) is 10.8 Å². The molecule has 1 N–H and O–H groups in total. The van der Waals surface area contributed by atoms with Crippen molar-refractivity contribution in [3.63, 3.8) is 0 Å². The summed E-state index contributed by atoms with van der Waals surface area (Å²) in [6.45, 7) is 3.17. The topological polar surface area (TPSA) is 42.2 Å². The highest BCUT2D eigenvalue weighted by Crippen LogP contribution is 2.18. The Bertz CT molecular complexity index is 443. The van der Waals surface area contributed by atoms with Crippen molar-refractivity contribution < 1.29 is 9.90 Å². The third-order valence-corrected chi connectivity index (χ3v) is 4.96. The summed E-state index contributed by atoms with van der Waals surface area (Å²) in [6.07, 6.45) is 19.7. The molecular formula is C19H32BrNO2. The minimum atomic E-state index is -0.870. The standard InChI is InChI=1S/C19H32BrNO2/c1-2-3-4-5-6-7-8-9-10-11-12-13-14-21-15-17(19(22)23)18(20)16-21/h15-16H,2-14H2,1H3,(H,22,23). The molecule has 1 aromatic rings. The fourth-order valence-corrected chi connectivity index (χ4v) is 3.44. The van der Waals surface area contributed by atoms with Gasteiger partial charge in [0.1, 0.15) is 0 Å². The summed E-state index contributed by atoms with van der Waals surface area (Å²) in [5.74, 6) is -0.870. The van der Waals surface area contributed by atoms with Gasteiger partial charge in [-0.05, 0) is 22.4 Å². The summed E-state index contributed by atoms with van der Waals surface area (Å²) in [5.41, 5.74) is 0.351. The van der Waals surface area contributed by atoms with Gasteiger partial charge in [-0.3, -0.25) is 0 Å². The highest BCUT2D eigenvalue weighted by molar-refractivity contribution is 9.10. The number of aromatic carboxylic acids is 1. The molecule has 0 bridgehead atoms. The Morgan fingerprint density at radius 3 is 1.83 bits per heavy atom. The molecule has 0 aliphatic carbocycles. The predicted molar refractivity (Wildman–Crippen MR) is 100 cm³/mol. The number of unbranched alkanes of at least 4 members (excludes halogenated alkanes) is 11. The van der Waals surface area contributed by atoms with Gasteiger partial charge in [0.15, 0.2) is 0 Å². The number of aryl methyl sites for hydroxylation is 1. The molecule has 0 aromatic carbocycles. The van der Waals surface area contributed by atoms with Crippen LogP contribution in [0.4, 0.5) is 0 Å². The van der Waals surface area contributed by atoms with Crippen LogP contribution in [0.2, 0.25) is 0 Å². The first kappa shape index (κ1) is 20.3. The number of rotatable bonds is 14. The molecule has 23 heavy (non-hydrogen) atoms. The van der Waals surface area contributed by atoms with Crippen molar-refractivity contribution in [3.05, 3.63) is 22.4 Å². The number of carboxylic acid groups (broad SMARTS) is 1. The van der Waals surface area contributed by atoms with Crippen molar-refractivity contribution in [2.45, 2.75) is 90.5 Å². The van der Waals surface area contributed by atoms with Gasteiger partial charge in [0.25, 0.3) is 0 Å². The Balaban J connectivity index is 1.94. The van der Waals surface area contributed by atoms with Gasteiger partial charge in [-0.1, -0.05) is 77.6 Å². The predicted octanol–water partition coefficient (Wildman–Crippen LogP) is 6.65. The minimum Gasteiger partial charge on any atom is -0.478 e. The van der Waals surface area contributed by atoms with E-state index in [2.05, 4.69) is 22.9 Å². The average Bonchev–Trinajstić information content (AvgIpc) is 2.89. The maximum absolute atomic E-state index is 11.0. The van der Waals surface area contributed by atoms with Crippen LogP contribution >= 0.6 is 15.9 Å². The van der Waals surface area contributed by atoms with Crippen LogP contribution in [0.15, 0.2) is 16.9 Å². The van der Waals surface area contributed by atoms with Crippen LogP contribution in [-0.4, -0.2) is 15.6 Å². The number of nitrogens with zero attached hydrogens (tertiary/aromatic N) is 1. The van der Waals surface area contributed by atoms with E-state index in [0.29, 0.717) is 10.0 Å². The van der Waals surface area contributed by atoms with Crippen molar-refractivity contribution in [3.8, 4) is 0 Å². The van der Waals surface area contributed by atoms with E-state index in [-0.39, 0.29) is 0 Å². The summed E-state index contributed by atoms with van der Waals surface area (Å²) in [6, 6.07) is 0. The molecular weight excluding hydrogens is 354 g/mol. The number of carbonyl (C=O) groups is 1. The largest absolute Gasteiger partial charge is 0.478 e. The summed E-state index contributed by atoms with van der Waals surface area (Å²) < 4.78 is 2.65. The minimum absolute atomic E-state index is 0.351. The fraction of sp³-hybridized carbons (Fsp3) is 0.737. The average molecular weight is 386 g/mol. The molecule has 1 heterocycles. The lowest BCUT2D eigenvalue weighted by molar-refractivity contribution is 0.0696. The molecule has 0 radical (unpaired) electrons. The van der Waals surface area contributed by atoms with Crippen molar-refractivity contribution in [1.82, 2.24) is 4.57 Å².